The Labute approximate surface area is 120 Å². The third kappa shape index (κ3) is 4.02. The van der Waals surface area contributed by atoms with Crippen LogP contribution in [0.5, 0.6) is 0 Å². The van der Waals surface area contributed by atoms with Gasteiger partial charge in [-0.3, -0.25) is 0 Å². The van der Waals surface area contributed by atoms with Crippen molar-refractivity contribution in [3.05, 3.63) is 11.9 Å². The number of hydrogen-bond acceptors (Lipinski definition) is 5. The first-order chi connectivity index (χ1) is 9.50. The molecule has 1 aliphatic carbocycles. The second-order valence-electron chi connectivity index (χ2n) is 5.71. The van der Waals surface area contributed by atoms with Crippen molar-refractivity contribution >= 4 is 9.84 Å². The van der Waals surface area contributed by atoms with Gasteiger partial charge in [0.05, 0.1) is 17.0 Å². The predicted octanol–water partition coefficient (Wildman–Crippen LogP) is 1.09. The molecule has 2 atom stereocenters. The average molecular weight is 300 g/mol. The lowest BCUT2D eigenvalue weighted by atomic mass is 9.95. The molecule has 0 aromatic carbocycles. The standard InChI is InChI=1S/C13H24N4O2S/c1-20(18,19)13-7-4-6-12(9-13)17-10-11(15-16-17)5-2-3-8-14/h10,12-13H,2-9,14H2,1H3. The van der Waals surface area contributed by atoms with Gasteiger partial charge in [-0.1, -0.05) is 11.6 Å². The number of rotatable bonds is 6. The highest BCUT2D eigenvalue weighted by molar-refractivity contribution is 7.91. The van der Waals surface area contributed by atoms with Crippen LogP contribution in [0.25, 0.3) is 0 Å². The van der Waals surface area contributed by atoms with Crippen LogP contribution in [-0.2, 0) is 16.3 Å². The van der Waals surface area contributed by atoms with Gasteiger partial charge in [0.15, 0.2) is 0 Å². The molecule has 114 valence electrons. The lowest BCUT2D eigenvalue weighted by Gasteiger charge is -2.27. The van der Waals surface area contributed by atoms with Gasteiger partial charge in [0.1, 0.15) is 9.84 Å². The fourth-order valence-corrected chi connectivity index (χ4v) is 3.97. The molecule has 1 fully saturated rings. The summed E-state index contributed by atoms with van der Waals surface area (Å²) < 4.78 is 25.2. The van der Waals surface area contributed by atoms with Crippen molar-refractivity contribution in [2.75, 3.05) is 12.8 Å². The Morgan fingerprint density at radius 3 is 2.90 bits per heavy atom. The summed E-state index contributed by atoms with van der Waals surface area (Å²) in [6.07, 6.45) is 9.55. The molecule has 0 aliphatic heterocycles. The number of aryl methyl sites for hydroxylation is 1. The molecule has 1 aromatic heterocycles. The van der Waals surface area contributed by atoms with Crippen molar-refractivity contribution in [1.82, 2.24) is 15.0 Å². The Bertz CT molecular complexity index is 526. The van der Waals surface area contributed by atoms with E-state index in [2.05, 4.69) is 10.3 Å². The summed E-state index contributed by atoms with van der Waals surface area (Å²) in [5.74, 6) is 0. The Kier molecular flexibility index (Phi) is 5.15. The number of hydrogen-bond donors (Lipinski definition) is 1. The van der Waals surface area contributed by atoms with E-state index < -0.39 is 9.84 Å². The molecule has 20 heavy (non-hydrogen) atoms. The van der Waals surface area contributed by atoms with Crippen LogP contribution in [0.2, 0.25) is 0 Å². The lowest BCUT2D eigenvalue weighted by Crippen LogP contribution is -2.29. The summed E-state index contributed by atoms with van der Waals surface area (Å²) in [6, 6.07) is 0.166. The fourth-order valence-electron chi connectivity index (χ4n) is 2.81. The molecule has 6 nitrogen and oxygen atoms in total. The molecular weight excluding hydrogens is 276 g/mol. The van der Waals surface area contributed by atoms with Gasteiger partial charge < -0.3 is 5.73 Å². The summed E-state index contributed by atoms with van der Waals surface area (Å²) in [5, 5.41) is 8.12. The quantitative estimate of drug-likeness (QED) is 0.794. The van der Waals surface area contributed by atoms with E-state index >= 15 is 0 Å². The highest BCUT2D eigenvalue weighted by Crippen LogP contribution is 2.31. The second-order valence-corrected chi connectivity index (χ2v) is 8.03. The van der Waals surface area contributed by atoms with Gasteiger partial charge in [0, 0.05) is 12.5 Å². The van der Waals surface area contributed by atoms with Gasteiger partial charge in [0.2, 0.25) is 0 Å². The number of unbranched alkanes of at least 4 members (excludes halogenated alkanes) is 1. The Morgan fingerprint density at radius 2 is 2.20 bits per heavy atom. The maximum absolute atomic E-state index is 11.7. The molecule has 1 aliphatic rings. The Hall–Kier alpha value is -0.950. The van der Waals surface area contributed by atoms with Crippen LogP contribution in [0.3, 0.4) is 0 Å². The van der Waals surface area contributed by atoms with Gasteiger partial charge in [-0.15, -0.1) is 5.10 Å². The Morgan fingerprint density at radius 1 is 1.40 bits per heavy atom. The van der Waals surface area contributed by atoms with Gasteiger partial charge in [0.25, 0.3) is 0 Å². The van der Waals surface area contributed by atoms with Crippen molar-refractivity contribution in [3.63, 3.8) is 0 Å². The highest BCUT2D eigenvalue weighted by Gasteiger charge is 2.30. The lowest BCUT2D eigenvalue weighted by molar-refractivity contribution is 0.324. The summed E-state index contributed by atoms with van der Waals surface area (Å²) in [4.78, 5) is 0. The second kappa shape index (κ2) is 6.67. The van der Waals surface area contributed by atoms with Crippen LogP contribution in [0, 0.1) is 0 Å². The van der Waals surface area contributed by atoms with E-state index in [0.717, 1.165) is 44.2 Å². The number of sulfone groups is 1. The molecule has 0 spiro atoms. The van der Waals surface area contributed by atoms with E-state index in [9.17, 15) is 8.42 Å². The van der Waals surface area contributed by atoms with Gasteiger partial charge in [-0.25, -0.2) is 13.1 Å². The average Bonchev–Trinajstić information content (AvgIpc) is 2.87. The predicted molar refractivity (Wildman–Crippen MR) is 78.2 cm³/mol. The Balaban J connectivity index is 1.97. The van der Waals surface area contributed by atoms with Crippen LogP contribution in [0.15, 0.2) is 6.20 Å². The smallest absolute Gasteiger partial charge is 0.150 e. The van der Waals surface area contributed by atoms with E-state index in [1.807, 2.05) is 10.9 Å². The van der Waals surface area contributed by atoms with Gasteiger partial charge in [-0.05, 0) is 45.1 Å². The molecule has 0 bridgehead atoms. The van der Waals surface area contributed by atoms with Crippen molar-refractivity contribution in [3.8, 4) is 0 Å². The minimum atomic E-state index is -2.95. The van der Waals surface area contributed by atoms with E-state index in [-0.39, 0.29) is 11.3 Å². The number of nitrogens with two attached hydrogens (primary N) is 1. The largest absolute Gasteiger partial charge is 0.330 e. The van der Waals surface area contributed by atoms with Crippen molar-refractivity contribution < 1.29 is 8.42 Å². The zero-order valence-corrected chi connectivity index (χ0v) is 12.8. The first-order valence-corrected chi connectivity index (χ1v) is 9.26. The minimum absolute atomic E-state index is 0.166. The molecule has 1 aromatic rings. The van der Waals surface area contributed by atoms with Crippen molar-refractivity contribution in [2.24, 2.45) is 5.73 Å². The van der Waals surface area contributed by atoms with Gasteiger partial charge in [-0.2, -0.15) is 0 Å². The zero-order valence-electron chi connectivity index (χ0n) is 12.0. The topological polar surface area (TPSA) is 90.9 Å². The SMILES string of the molecule is CS(=O)(=O)C1CCCC(n2cc(CCCCN)nn2)C1. The maximum Gasteiger partial charge on any atom is 0.150 e. The normalized spacial score (nSPS) is 23.9. The zero-order chi connectivity index (χ0) is 14.6. The van der Waals surface area contributed by atoms with E-state index in [1.54, 1.807) is 0 Å². The monoisotopic (exact) mass is 300 g/mol. The third-order valence-electron chi connectivity index (χ3n) is 4.02. The molecular formula is C13H24N4O2S. The molecule has 2 N–H and O–H groups in total. The van der Waals surface area contributed by atoms with Gasteiger partial charge >= 0.3 is 0 Å². The van der Waals surface area contributed by atoms with Crippen LogP contribution in [0.1, 0.15) is 50.3 Å². The van der Waals surface area contributed by atoms with Crippen molar-refractivity contribution in [2.45, 2.75) is 56.2 Å². The minimum Gasteiger partial charge on any atom is -0.330 e. The van der Waals surface area contributed by atoms with Crippen LogP contribution in [-0.4, -0.2) is 41.5 Å². The van der Waals surface area contributed by atoms with Crippen LogP contribution < -0.4 is 5.73 Å². The first kappa shape index (κ1) is 15.4. The third-order valence-corrected chi connectivity index (χ3v) is 5.66. The molecule has 0 amide bonds. The summed E-state index contributed by atoms with van der Waals surface area (Å²) in [7, 11) is -2.95. The first-order valence-electron chi connectivity index (χ1n) is 7.30. The van der Waals surface area contributed by atoms with Crippen LogP contribution >= 0.6 is 0 Å². The summed E-state index contributed by atoms with van der Waals surface area (Å²) in [5.41, 5.74) is 6.44. The molecule has 0 radical (unpaired) electrons. The van der Waals surface area contributed by atoms with E-state index in [1.165, 1.54) is 6.26 Å². The van der Waals surface area contributed by atoms with Crippen molar-refractivity contribution in [1.29, 1.82) is 0 Å². The molecule has 2 rings (SSSR count). The molecule has 7 heteroatoms. The number of aromatic nitrogens is 3. The van der Waals surface area contributed by atoms with E-state index in [4.69, 9.17) is 5.73 Å². The summed E-state index contributed by atoms with van der Waals surface area (Å²) in [6.45, 7) is 0.701. The molecule has 1 heterocycles. The summed E-state index contributed by atoms with van der Waals surface area (Å²) >= 11 is 0. The molecule has 0 saturated heterocycles. The van der Waals surface area contributed by atoms with E-state index in [0.29, 0.717) is 13.0 Å². The van der Waals surface area contributed by atoms with Crippen LogP contribution in [0.4, 0.5) is 0 Å². The fraction of sp³-hybridized carbons (Fsp3) is 0.846. The number of nitrogens with zero attached hydrogens (tertiary/aromatic N) is 3. The maximum atomic E-state index is 11.7. The molecule has 2 unspecified atom stereocenters. The molecule has 1 saturated carbocycles. The highest BCUT2D eigenvalue weighted by atomic mass is 32.2.